The van der Waals surface area contributed by atoms with Gasteiger partial charge in [-0.25, -0.2) is 0 Å². The van der Waals surface area contributed by atoms with Crippen molar-refractivity contribution < 1.29 is 24.3 Å². The number of rotatable bonds is 12. The maximum atomic E-state index is 13.6. The van der Waals surface area contributed by atoms with Crippen LogP contribution in [0.4, 0.5) is 0 Å². The van der Waals surface area contributed by atoms with E-state index in [1.807, 2.05) is 81.4 Å². The fraction of sp³-hybridized carbons (Fsp3) is 0.484. The number of piperazine rings is 1. The predicted octanol–water partition coefficient (Wildman–Crippen LogP) is 1.28. The molecule has 2 aromatic carbocycles. The lowest BCUT2D eigenvalue weighted by Gasteiger charge is -2.34. The highest BCUT2D eigenvalue weighted by atomic mass is 16.3. The van der Waals surface area contributed by atoms with E-state index in [0.717, 1.165) is 24.0 Å². The van der Waals surface area contributed by atoms with E-state index in [1.54, 1.807) is 4.90 Å². The van der Waals surface area contributed by atoms with Crippen molar-refractivity contribution in [2.24, 2.45) is 0 Å². The van der Waals surface area contributed by atoms with Gasteiger partial charge in [-0.2, -0.15) is 0 Å². The molecule has 4 amide bonds. The van der Waals surface area contributed by atoms with E-state index in [9.17, 15) is 24.3 Å². The Balaban J connectivity index is 1.47. The molecule has 3 atom stereocenters. The number of nitrogens with zero attached hydrogens (tertiary/aromatic N) is 3. The Hall–Kier alpha value is -3.76. The van der Waals surface area contributed by atoms with Gasteiger partial charge in [0.05, 0.1) is 17.8 Å². The average Bonchev–Trinajstić information content (AvgIpc) is 3.19. The van der Waals surface area contributed by atoms with Crippen LogP contribution < -0.4 is 10.6 Å². The molecule has 4 rings (SSSR count). The van der Waals surface area contributed by atoms with Crippen LogP contribution in [0.3, 0.4) is 0 Å². The largest absolute Gasteiger partial charge is 0.389 e. The highest BCUT2D eigenvalue weighted by Crippen LogP contribution is 2.26. The summed E-state index contributed by atoms with van der Waals surface area (Å²) in [6.45, 7) is 7.01. The summed E-state index contributed by atoms with van der Waals surface area (Å²) < 4.78 is 0. The number of nitrogens with one attached hydrogen (secondary N) is 2. The molecular formula is C31H41N5O5. The smallest absolute Gasteiger partial charge is 0.312 e. The number of amides is 4. The first-order valence-electron chi connectivity index (χ1n) is 14.3. The van der Waals surface area contributed by atoms with Crippen molar-refractivity contribution in [2.45, 2.75) is 70.4 Å². The van der Waals surface area contributed by atoms with Crippen molar-refractivity contribution in [2.75, 3.05) is 26.2 Å². The van der Waals surface area contributed by atoms with Crippen LogP contribution in [0.15, 0.2) is 60.7 Å². The Labute approximate surface area is 241 Å². The third-order valence-corrected chi connectivity index (χ3v) is 7.81. The van der Waals surface area contributed by atoms with Crippen molar-refractivity contribution >= 4 is 23.6 Å². The van der Waals surface area contributed by atoms with Crippen molar-refractivity contribution in [1.82, 2.24) is 25.3 Å². The molecule has 2 aromatic rings. The monoisotopic (exact) mass is 563 g/mol. The first kappa shape index (κ1) is 30.2. The van der Waals surface area contributed by atoms with Gasteiger partial charge in [-0.1, -0.05) is 74.0 Å². The number of aliphatic hydroxyl groups is 1. The normalized spacial score (nSPS) is 20.3. The second kappa shape index (κ2) is 13.3. The summed E-state index contributed by atoms with van der Waals surface area (Å²) in [5.41, 5.74) is 1.11. The van der Waals surface area contributed by atoms with Crippen LogP contribution in [0.5, 0.6) is 0 Å². The van der Waals surface area contributed by atoms with E-state index < -0.39 is 41.6 Å². The van der Waals surface area contributed by atoms with Gasteiger partial charge in [0, 0.05) is 26.2 Å². The summed E-state index contributed by atoms with van der Waals surface area (Å²) in [5.74, 6) is -2.06. The molecule has 1 unspecified atom stereocenters. The maximum absolute atomic E-state index is 13.6. The number of aliphatic hydroxyl groups excluding tert-OH is 1. The molecule has 3 N–H and O–H groups in total. The zero-order valence-corrected chi connectivity index (χ0v) is 24.1. The Morgan fingerprint density at radius 2 is 1.56 bits per heavy atom. The van der Waals surface area contributed by atoms with Gasteiger partial charge in [-0.3, -0.25) is 24.5 Å². The molecular weight excluding hydrogens is 522 g/mol. The summed E-state index contributed by atoms with van der Waals surface area (Å²) >= 11 is 0. The first-order chi connectivity index (χ1) is 19.6. The maximum Gasteiger partial charge on any atom is 0.312 e. The molecule has 10 nitrogen and oxygen atoms in total. The molecule has 2 saturated heterocycles. The molecule has 220 valence electrons. The van der Waals surface area contributed by atoms with Gasteiger partial charge < -0.3 is 25.1 Å². The van der Waals surface area contributed by atoms with Crippen molar-refractivity contribution in [3.63, 3.8) is 0 Å². The third-order valence-electron chi connectivity index (χ3n) is 7.81. The molecule has 2 aliphatic heterocycles. The van der Waals surface area contributed by atoms with E-state index in [1.165, 1.54) is 9.80 Å². The standard InChI is InChI=1S/C31H41N5O5/c1-4-5-16-34-17-18-35(30(41)29(34)40)21-25(37)32-24(19-22-12-8-6-9-13-22)27(38)26-28(39)36(31(2,3)33-26)20-23-14-10-7-11-15-23/h6-15,24,26-27,33,38H,4-5,16-21H2,1-3H3,(H,32,37)/t24-,26?,27-/m0/s1. The Kier molecular flexibility index (Phi) is 9.77. The average molecular weight is 564 g/mol. The molecule has 0 aromatic heterocycles. The number of hydrogen-bond donors (Lipinski definition) is 3. The van der Waals surface area contributed by atoms with Crippen molar-refractivity contribution in [3.8, 4) is 0 Å². The van der Waals surface area contributed by atoms with Crippen molar-refractivity contribution in [3.05, 3.63) is 71.8 Å². The highest BCUT2D eigenvalue weighted by Gasteiger charge is 2.49. The van der Waals surface area contributed by atoms with Crippen LogP contribution in [-0.4, -0.2) is 93.5 Å². The summed E-state index contributed by atoms with van der Waals surface area (Å²) in [6, 6.07) is 17.2. The molecule has 2 heterocycles. The van der Waals surface area contributed by atoms with Crippen LogP contribution in [0, 0.1) is 0 Å². The van der Waals surface area contributed by atoms with Gasteiger partial charge in [-0.05, 0) is 37.8 Å². The summed E-state index contributed by atoms with van der Waals surface area (Å²) in [5, 5.41) is 17.7. The SMILES string of the molecule is CCCCN1CCN(CC(=O)N[C@@H](Cc2ccccc2)[C@H](O)C2NC(C)(C)N(Cc3ccccc3)C2=O)C(=O)C1=O. The Morgan fingerprint density at radius 3 is 2.20 bits per heavy atom. The van der Waals surface area contributed by atoms with Gasteiger partial charge in [0.1, 0.15) is 12.6 Å². The second-order valence-corrected chi connectivity index (χ2v) is 11.3. The number of hydrogen-bond acceptors (Lipinski definition) is 6. The van der Waals surface area contributed by atoms with E-state index in [4.69, 9.17) is 0 Å². The van der Waals surface area contributed by atoms with Gasteiger partial charge in [0.2, 0.25) is 11.8 Å². The van der Waals surface area contributed by atoms with Gasteiger partial charge in [0.15, 0.2) is 0 Å². The van der Waals surface area contributed by atoms with E-state index in [2.05, 4.69) is 10.6 Å². The van der Waals surface area contributed by atoms with E-state index >= 15 is 0 Å². The molecule has 0 spiro atoms. The van der Waals surface area contributed by atoms with Crippen LogP contribution in [0.25, 0.3) is 0 Å². The third kappa shape index (κ3) is 7.31. The highest BCUT2D eigenvalue weighted by molar-refractivity contribution is 6.35. The lowest BCUT2D eigenvalue weighted by atomic mass is 9.96. The molecule has 0 aliphatic carbocycles. The molecule has 10 heteroatoms. The summed E-state index contributed by atoms with van der Waals surface area (Å²) in [4.78, 5) is 56.5. The van der Waals surface area contributed by atoms with Crippen LogP contribution >= 0.6 is 0 Å². The number of carbonyl (C=O) groups is 4. The number of unbranched alkanes of at least 4 members (excludes halogenated alkanes) is 1. The van der Waals surface area contributed by atoms with Gasteiger partial charge >= 0.3 is 11.8 Å². The minimum absolute atomic E-state index is 0.261. The van der Waals surface area contributed by atoms with Crippen LogP contribution in [0.2, 0.25) is 0 Å². The molecule has 2 aliphatic rings. The summed E-state index contributed by atoms with van der Waals surface area (Å²) in [6.07, 6.45) is 0.742. The number of carbonyl (C=O) groups excluding carboxylic acids is 4. The minimum Gasteiger partial charge on any atom is -0.389 e. The van der Waals surface area contributed by atoms with Gasteiger partial charge in [-0.15, -0.1) is 0 Å². The zero-order valence-electron chi connectivity index (χ0n) is 24.1. The first-order valence-corrected chi connectivity index (χ1v) is 14.3. The van der Waals surface area contributed by atoms with E-state index in [-0.39, 0.29) is 25.4 Å². The van der Waals surface area contributed by atoms with Gasteiger partial charge in [0.25, 0.3) is 0 Å². The van der Waals surface area contributed by atoms with Crippen LogP contribution in [0.1, 0.15) is 44.7 Å². The lowest BCUT2D eigenvalue weighted by Crippen LogP contribution is -2.59. The topological polar surface area (TPSA) is 122 Å². The molecule has 0 bridgehead atoms. The fourth-order valence-corrected chi connectivity index (χ4v) is 5.45. The minimum atomic E-state index is -1.25. The quantitative estimate of drug-likeness (QED) is 0.335. The lowest BCUT2D eigenvalue weighted by molar-refractivity contribution is -0.157. The molecule has 2 fully saturated rings. The zero-order chi connectivity index (χ0) is 29.6. The Bertz CT molecular complexity index is 1220. The molecule has 0 saturated carbocycles. The van der Waals surface area contributed by atoms with Crippen molar-refractivity contribution in [1.29, 1.82) is 0 Å². The van der Waals surface area contributed by atoms with E-state index in [0.29, 0.717) is 19.6 Å². The number of benzene rings is 2. The Morgan fingerprint density at radius 1 is 0.976 bits per heavy atom. The van der Waals surface area contributed by atoms with Crippen LogP contribution in [-0.2, 0) is 32.1 Å². The predicted molar refractivity (Wildman–Crippen MR) is 154 cm³/mol. The summed E-state index contributed by atoms with van der Waals surface area (Å²) in [7, 11) is 0. The second-order valence-electron chi connectivity index (χ2n) is 11.3. The fourth-order valence-electron chi connectivity index (χ4n) is 5.45. The molecule has 0 radical (unpaired) electrons. The molecule has 41 heavy (non-hydrogen) atoms.